The largest absolute Gasteiger partial charge is 0.380 e. The van der Waals surface area contributed by atoms with Crippen LogP contribution in [-0.4, -0.2) is 32.8 Å². The fourth-order valence-corrected chi connectivity index (χ4v) is 3.92. The third-order valence-corrected chi connectivity index (χ3v) is 5.52. The summed E-state index contributed by atoms with van der Waals surface area (Å²) in [5.74, 6) is -0.489. The summed E-state index contributed by atoms with van der Waals surface area (Å²) in [6.45, 7) is 6.44. The topological polar surface area (TPSA) is 72.5 Å². The van der Waals surface area contributed by atoms with Gasteiger partial charge in [-0.1, -0.05) is 17.7 Å². The first-order valence-electron chi connectivity index (χ1n) is 6.98. The summed E-state index contributed by atoms with van der Waals surface area (Å²) < 4.78 is 31.3. The molecule has 6 heteroatoms. The van der Waals surface area contributed by atoms with Crippen LogP contribution in [0.4, 0.5) is 0 Å². The number of amides is 1. The molecule has 21 heavy (non-hydrogen) atoms. The number of hydrogen-bond acceptors (Lipinski definition) is 4. The predicted molar refractivity (Wildman–Crippen MR) is 80.6 cm³/mol. The minimum atomic E-state index is -3.64. The molecule has 1 saturated heterocycles. The van der Waals surface area contributed by atoms with E-state index in [-0.39, 0.29) is 13.0 Å². The standard InChI is InChI=1S/C15H21NO4S/c1-10-6-11(2)14(12(3)7-10)8-15(17)16-21(18,19)13-4-5-20-9-13/h6-7,13H,4-5,8-9H2,1-3H3,(H,16,17). The Morgan fingerprint density at radius 2 is 1.90 bits per heavy atom. The number of benzene rings is 1. The van der Waals surface area contributed by atoms with Crippen molar-refractivity contribution in [2.75, 3.05) is 13.2 Å². The van der Waals surface area contributed by atoms with E-state index in [4.69, 9.17) is 4.74 Å². The van der Waals surface area contributed by atoms with Crippen LogP contribution in [0.25, 0.3) is 0 Å². The van der Waals surface area contributed by atoms with E-state index in [0.717, 1.165) is 22.3 Å². The number of aryl methyl sites for hydroxylation is 3. The van der Waals surface area contributed by atoms with Crippen molar-refractivity contribution in [3.05, 3.63) is 34.4 Å². The van der Waals surface area contributed by atoms with Gasteiger partial charge in [-0.15, -0.1) is 0 Å². The summed E-state index contributed by atoms with van der Waals surface area (Å²) in [4.78, 5) is 12.0. The van der Waals surface area contributed by atoms with Gasteiger partial charge in [-0.25, -0.2) is 8.42 Å². The van der Waals surface area contributed by atoms with Crippen LogP contribution in [0.5, 0.6) is 0 Å². The average Bonchev–Trinajstić information content (AvgIpc) is 2.87. The number of hydrogen-bond donors (Lipinski definition) is 1. The van der Waals surface area contributed by atoms with Gasteiger partial charge in [0, 0.05) is 6.61 Å². The van der Waals surface area contributed by atoms with E-state index in [1.807, 2.05) is 32.9 Å². The summed E-state index contributed by atoms with van der Waals surface area (Å²) in [7, 11) is -3.64. The fraction of sp³-hybridized carbons (Fsp3) is 0.533. The van der Waals surface area contributed by atoms with Crippen molar-refractivity contribution >= 4 is 15.9 Å². The van der Waals surface area contributed by atoms with Crippen LogP contribution in [0, 0.1) is 20.8 Å². The predicted octanol–water partition coefficient (Wildman–Crippen LogP) is 1.39. The summed E-state index contributed by atoms with van der Waals surface area (Å²) in [6.07, 6.45) is 0.510. The number of sulfonamides is 1. The van der Waals surface area contributed by atoms with Gasteiger partial charge < -0.3 is 4.74 Å². The second-order valence-electron chi connectivity index (χ2n) is 5.61. The van der Waals surface area contributed by atoms with Gasteiger partial charge in [-0.2, -0.15) is 0 Å². The van der Waals surface area contributed by atoms with Crippen LogP contribution in [0.1, 0.15) is 28.7 Å². The Balaban J connectivity index is 2.09. The SMILES string of the molecule is Cc1cc(C)c(CC(=O)NS(=O)(=O)C2CCOC2)c(C)c1. The lowest BCUT2D eigenvalue weighted by molar-refractivity contribution is -0.118. The molecule has 1 amide bonds. The second-order valence-corrected chi connectivity index (χ2v) is 7.57. The van der Waals surface area contributed by atoms with E-state index in [1.54, 1.807) is 0 Å². The van der Waals surface area contributed by atoms with Crippen LogP contribution >= 0.6 is 0 Å². The summed E-state index contributed by atoms with van der Waals surface area (Å²) in [5.41, 5.74) is 4.02. The van der Waals surface area contributed by atoms with Crippen molar-refractivity contribution in [2.45, 2.75) is 38.9 Å². The highest BCUT2D eigenvalue weighted by atomic mass is 32.2. The maximum Gasteiger partial charge on any atom is 0.240 e. The molecule has 1 aromatic carbocycles. The average molecular weight is 311 g/mol. The van der Waals surface area contributed by atoms with Crippen molar-refractivity contribution in [1.82, 2.24) is 4.72 Å². The Morgan fingerprint density at radius 1 is 1.29 bits per heavy atom. The molecular weight excluding hydrogens is 290 g/mol. The molecule has 116 valence electrons. The minimum Gasteiger partial charge on any atom is -0.380 e. The Hall–Kier alpha value is -1.40. The number of nitrogens with one attached hydrogen (secondary N) is 1. The molecule has 0 saturated carbocycles. The molecule has 0 aliphatic carbocycles. The van der Waals surface area contributed by atoms with Gasteiger partial charge in [0.1, 0.15) is 5.25 Å². The zero-order valence-corrected chi connectivity index (χ0v) is 13.4. The van der Waals surface area contributed by atoms with Crippen LogP contribution < -0.4 is 4.72 Å². The monoisotopic (exact) mass is 311 g/mol. The van der Waals surface area contributed by atoms with Gasteiger partial charge in [-0.05, 0) is 43.9 Å². The van der Waals surface area contributed by atoms with Crippen LogP contribution in [0.3, 0.4) is 0 Å². The zero-order valence-electron chi connectivity index (χ0n) is 12.6. The Bertz CT molecular complexity index is 623. The lowest BCUT2D eigenvalue weighted by Gasteiger charge is -2.14. The Kier molecular flexibility index (Phi) is 4.68. The lowest BCUT2D eigenvalue weighted by atomic mass is 9.97. The van der Waals surface area contributed by atoms with Crippen molar-refractivity contribution in [1.29, 1.82) is 0 Å². The smallest absolute Gasteiger partial charge is 0.240 e. The van der Waals surface area contributed by atoms with Gasteiger partial charge in [0.25, 0.3) is 0 Å². The highest BCUT2D eigenvalue weighted by molar-refractivity contribution is 7.90. The van der Waals surface area contributed by atoms with Gasteiger partial charge in [0.05, 0.1) is 13.0 Å². The van der Waals surface area contributed by atoms with Gasteiger partial charge in [-0.3, -0.25) is 9.52 Å². The van der Waals surface area contributed by atoms with Crippen molar-refractivity contribution in [3.63, 3.8) is 0 Å². The zero-order chi connectivity index (χ0) is 15.6. The number of rotatable bonds is 4. The maximum atomic E-state index is 12.0. The van der Waals surface area contributed by atoms with Crippen LogP contribution in [-0.2, 0) is 26.0 Å². The molecular formula is C15H21NO4S. The second kappa shape index (κ2) is 6.15. The van der Waals surface area contributed by atoms with Crippen LogP contribution in [0.2, 0.25) is 0 Å². The first kappa shape index (κ1) is 16.0. The van der Waals surface area contributed by atoms with Gasteiger partial charge in [0.2, 0.25) is 15.9 Å². The van der Waals surface area contributed by atoms with Gasteiger partial charge in [0.15, 0.2) is 0 Å². The molecule has 1 aliphatic heterocycles. The number of carbonyl (C=O) groups is 1. The summed E-state index contributed by atoms with van der Waals surface area (Å²) in [6, 6.07) is 3.99. The van der Waals surface area contributed by atoms with E-state index < -0.39 is 21.2 Å². The first-order valence-corrected chi connectivity index (χ1v) is 8.53. The molecule has 1 unspecified atom stereocenters. The minimum absolute atomic E-state index is 0.0742. The van der Waals surface area contributed by atoms with Gasteiger partial charge >= 0.3 is 0 Å². The summed E-state index contributed by atoms with van der Waals surface area (Å²) >= 11 is 0. The van der Waals surface area contributed by atoms with E-state index in [2.05, 4.69) is 4.72 Å². The normalized spacial score (nSPS) is 18.7. The quantitative estimate of drug-likeness (QED) is 0.912. The first-order chi connectivity index (χ1) is 9.79. The molecule has 0 spiro atoms. The lowest BCUT2D eigenvalue weighted by Crippen LogP contribution is -2.39. The number of carbonyl (C=O) groups excluding carboxylic acids is 1. The molecule has 1 atom stereocenters. The molecule has 1 heterocycles. The highest BCUT2D eigenvalue weighted by Crippen LogP contribution is 2.18. The Morgan fingerprint density at radius 3 is 2.43 bits per heavy atom. The molecule has 1 aliphatic rings. The van der Waals surface area contributed by atoms with E-state index in [1.165, 1.54) is 0 Å². The van der Waals surface area contributed by atoms with Crippen LogP contribution in [0.15, 0.2) is 12.1 Å². The third kappa shape index (κ3) is 3.83. The molecule has 2 rings (SSSR count). The Labute approximate surface area is 125 Å². The fourth-order valence-electron chi connectivity index (χ4n) is 2.69. The third-order valence-electron chi connectivity index (χ3n) is 3.76. The van der Waals surface area contributed by atoms with E-state index in [0.29, 0.717) is 13.0 Å². The van der Waals surface area contributed by atoms with Crippen molar-refractivity contribution < 1.29 is 17.9 Å². The van der Waals surface area contributed by atoms with Crippen molar-refractivity contribution in [3.8, 4) is 0 Å². The maximum absolute atomic E-state index is 12.0. The molecule has 0 radical (unpaired) electrons. The van der Waals surface area contributed by atoms with Crippen molar-refractivity contribution in [2.24, 2.45) is 0 Å². The molecule has 1 fully saturated rings. The highest BCUT2D eigenvalue weighted by Gasteiger charge is 2.31. The summed E-state index contributed by atoms with van der Waals surface area (Å²) in [5, 5.41) is -0.623. The molecule has 0 aromatic heterocycles. The van der Waals surface area contributed by atoms with E-state index >= 15 is 0 Å². The van der Waals surface area contributed by atoms with E-state index in [9.17, 15) is 13.2 Å². The molecule has 0 bridgehead atoms. The molecule has 1 N–H and O–H groups in total. The number of ether oxygens (including phenoxy) is 1. The molecule has 1 aromatic rings. The molecule has 5 nitrogen and oxygen atoms in total.